The van der Waals surface area contributed by atoms with Gasteiger partial charge in [0, 0.05) is 6.04 Å². The summed E-state index contributed by atoms with van der Waals surface area (Å²) >= 11 is 5.92. The van der Waals surface area contributed by atoms with Crippen molar-refractivity contribution in [3.05, 3.63) is 21.7 Å². The summed E-state index contributed by atoms with van der Waals surface area (Å²) in [5.41, 5.74) is -0.406. The van der Waals surface area contributed by atoms with E-state index >= 15 is 0 Å². The van der Waals surface area contributed by atoms with Crippen LogP contribution in [0.1, 0.15) is 19.8 Å². The highest BCUT2D eigenvalue weighted by molar-refractivity contribution is 6.32. The lowest BCUT2D eigenvalue weighted by Gasteiger charge is -2.22. The first kappa shape index (κ1) is 12.9. The fourth-order valence-corrected chi connectivity index (χ4v) is 1.89. The van der Waals surface area contributed by atoms with Gasteiger partial charge in [-0.15, -0.1) is 0 Å². The van der Waals surface area contributed by atoms with Crippen LogP contribution in [0.25, 0.3) is 0 Å². The van der Waals surface area contributed by atoms with E-state index in [2.05, 4.69) is 9.97 Å². The van der Waals surface area contributed by atoms with Crippen molar-refractivity contribution in [3.8, 4) is 0 Å². The number of aromatic amines is 1. The zero-order valence-electron chi connectivity index (χ0n) is 9.98. The molecule has 0 radical (unpaired) electrons. The average molecular weight is 272 g/mol. The zero-order chi connectivity index (χ0) is 13.1. The number of rotatable bonds is 5. The van der Waals surface area contributed by atoms with Crippen molar-refractivity contribution in [1.82, 2.24) is 9.97 Å². The topological polar surface area (TPSA) is 75.3 Å². The maximum absolute atomic E-state index is 11.5. The highest BCUT2D eigenvalue weighted by Crippen LogP contribution is 2.32. The number of ether oxygens (including phenoxy) is 1. The highest BCUT2D eigenvalue weighted by Gasteiger charge is 2.33. The van der Waals surface area contributed by atoms with Gasteiger partial charge in [-0.1, -0.05) is 11.6 Å². The van der Waals surface area contributed by atoms with Gasteiger partial charge in [0.25, 0.3) is 5.56 Å². The fraction of sp³-hybridized carbons (Fsp3) is 0.545. The largest absolute Gasteiger partial charge is 0.465 e. The number of anilines is 1. The Morgan fingerprint density at radius 2 is 2.39 bits per heavy atom. The predicted octanol–water partition coefficient (Wildman–Crippen LogP) is 0.955. The van der Waals surface area contributed by atoms with Crippen molar-refractivity contribution >= 4 is 23.4 Å². The molecular formula is C11H14ClN3O3. The van der Waals surface area contributed by atoms with Crippen LogP contribution in [-0.2, 0) is 9.53 Å². The Balaban J connectivity index is 2.22. The lowest BCUT2D eigenvalue weighted by molar-refractivity contribution is -0.141. The number of H-pyrrole nitrogens is 1. The number of aromatic nitrogens is 2. The van der Waals surface area contributed by atoms with Crippen molar-refractivity contribution in [1.29, 1.82) is 0 Å². The van der Waals surface area contributed by atoms with Crippen molar-refractivity contribution < 1.29 is 9.53 Å². The number of hydrogen-bond acceptors (Lipinski definition) is 5. The molecule has 1 heterocycles. The molecular weight excluding hydrogens is 258 g/mol. The van der Waals surface area contributed by atoms with E-state index in [0.717, 1.165) is 12.8 Å². The summed E-state index contributed by atoms with van der Waals surface area (Å²) in [5, 5.41) is 0.00805. The summed E-state index contributed by atoms with van der Waals surface area (Å²) in [6, 6.07) is 0.209. The summed E-state index contributed by atoms with van der Waals surface area (Å²) in [5.74, 6) is -0.00137. The molecule has 7 heteroatoms. The predicted molar refractivity (Wildman–Crippen MR) is 66.9 cm³/mol. The summed E-state index contributed by atoms with van der Waals surface area (Å²) < 4.78 is 4.90. The van der Waals surface area contributed by atoms with Crippen LogP contribution in [0.3, 0.4) is 0 Å². The average Bonchev–Trinajstić information content (AvgIpc) is 3.15. The third-order valence-corrected chi connectivity index (χ3v) is 2.98. The van der Waals surface area contributed by atoms with E-state index in [0.29, 0.717) is 12.4 Å². The SMILES string of the molecule is CCOC(=O)CN(c1nc[nH]c(=O)c1Cl)C1CC1. The molecule has 1 aromatic heterocycles. The van der Waals surface area contributed by atoms with Crippen LogP contribution < -0.4 is 10.5 Å². The van der Waals surface area contributed by atoms with Crippen molar-refractivity contribution in [2.45, 2.75) is 25.8 Å². The van der Waals surface area contributed by atoms with E-state index in [1.54, 1.807) is 11.8 Å². The van der Waals surface area contributed by atoms with E-state index in [1.807, 2.05) is 0 Å². The molecule has 0 saturated heterocycles. The van der Waals surface area contributed by atoms with Gasteiger partial charge < -0.3 is 14.6 Å². The molecule has 2 rings (SSSR count). The van der Waals surface area contributed by atoms with Gasteiger partial charge >= 0.3 is 5.97 Å². The second-order valence-corrected chi connectivity index (χ2v) is 4.41. The van der Waals surface area contributed by atoms with Gasteiger partial charge in [-0.25, -0.2) is 4.98 Å². The Kier molecular flexibility index (Phi) is 3.86. The molecule has 0 aromatic carbocycles. The minimum atomic E-state index is -0.406. The minimum absolute atomic E-state index is 0.00805. The molecule has 0 aliphatic heterocycles. The van der Waals surface area contributed by atoms with Gasteiger partial charge in [0.1, 0.15) is 11.6 Å². The molecule has 1 aliphatic rings. The van der Waals surface area contributed by atoms with E-state index in [-0.39, 0.29) is 23.6 Å². The number of nitrogens with one attached hydrogen (secondary N) is 1. The maximum atomic E-state index is 11.5. The molecule has 0 bridgehead atoms. The van der Waals surface area contributed by atoms with Crippen LogP contribution in [-0.4, -0.2) is 35.1 Å². The second-order valence-electron chi connectivity index (χ2n) is 4.03. The zero-order valence-corrected chi connectivity index (χ0v) is 10.7. The molecule has 1 aromatic rings. The van der Waals surface area contributed by atoms with Crippen LogP contribution >= 0.6 is 11.6 Å². The van der Waals surface area contributed by atoms with Crippen LogP contribution in [0.4, 0.5) is 5.82 Å². The van der Waals surface area contributed by atoms with Gasteiger partial charge in [0.2, 0.25) is 0 Å². The summed E-state index contributed by atoms with van der Waals surface area (Å²) in [4.78, 5) is 31.1. The summed E-state index contributed by atoms with van der Waals surface area (Å²) in [7, 11) is 0. The molecule has 0 atom stereocenters. The van der Waals surface area contributed by atoms with Crippen LogP contribution in [0, 0.1) is 0 Å². The van der Waals surface area contributed by atoms with Crippen molar-refractivity contribution in [2.24, 2.45) is 0 Å². The van der Waals surface area contributed by atoms with Gasteiger partial charge in [-0.2, -0.15) is 0 Å². The number of carbonyl (C=O) groups excluding carboxylic acids is 1. The standard InChI is InChI=1S/C11H14ClN3O3/c1-2-18-8(16)5-15(7-3-4-7)10-9(12)11(17)14-6-13-10/h6-7H,2-5H2,1H3,(H,13,14,17). The molecule has 1 aliphatic carbocycles. The van der Waals surface area contributed by atoms with Gasteiger partial charge in [-0.3, -0.25) is 9.59 Å². The first-order valence-electron chi connectivity index (χ1n) is 5.79. The Morgan fingerprint density at radius 1 is 1.67 bits per heavy atom. The molecule has 98 valence electrons. The summed E-state index contributed by atoms with van der Waals surface area (Å²) in [6.45, 7) is 2.14. The lowest BCUT2D eigenvalue weighted by Crippen LogP contribution is -2.34. The van der Waals surface area contributed by atoms with E-state index in [1.165, 1.54) is 6.33 Å². The van der Waals surface area contributed by atoms with Crippen LogP contribution in [0.15, 0.2) is 11.1 Å². The molecule has 0 unspecified atom stereocenters. The van der Waals surface area contributed by atoms with Crippen LogP contribution in [0.2, 0.25) is 5.02 Å². The highest BCUT2D eigenvalue weighted by atomic mass is 35.5. The smallest absolute Gasteiger partial charge is 0.325 e. The summed E-state index contributed by atoms with van der Waals surface area (Å²) in [6.07, 6.45) is 3.21. The Hall–Kier alpha value is -1.56. The first-order chi connectivity index (χ1) is 8.63. The lowest BCUT2D eigenvalue weighted by atomic mass is 10.4. The quantitative estimate of drug-likeness (QED) is 0.807. The fourth-order valence-electron chi connectivity index (χ4n) is 1.68. The Morgan fingerprint density at radius 3 is 3.00 bits per heavy atom. The van der Waals surface area contributed by atoms with E-state index in [9.17, 15) is 9.59 Å². The molecule has 1 saturated carbocycles. The van der Waals surface area contributed by atoms with E-state index in [4.69, 9.17) is 16.3 Å². The monoisotopic (exact) mass is 271 g/mol. The second kappa shape index (κ2) is 5.39. The van der Waals surface area contributed by atoms with Crippen molar-refractivity contribution in [2.75, 3.05) is 18.1 Å². The maximum Gasteiger partial charge on any atom is 0.325 e. The first-order valence-corrected chi connectivity index (χ1v) is 6.16. The van der Waals surface area contributed by atoms with Crippen LogP contribution in [0.5, 0.6) is 0 Å². The van der Waals surface area contributed by atoms with Crippen molar-refractivity contribution in [3.63, 3.8) is 0 Å². The number of hydrogen-bond donors (Lipinski definition) is 1. The third kappa shape index (κ3) is 2.81. The van der Waals surface area contributed by atoms with E-state index < -0.39 is 5.56 Å². The number of esters is 1. The molecule has 18 heavy (non-hydrogen) atoms. The third-order valence-electron chi connectivity index (χ3n) is 2.64. The number of nitrogens with zero attached hydrogens (tertiary/aromatic N) is 2. The molecule has 1 fully saturated rings. The molecule has 6 nitrogen and oxygen atoms in total. The van der Waals surface area contributed by atoms with Gasteiger partial charge in [-0.05, 0) is 19.8 Å². The Labute approximate surface area is 109 Å². The van der Waals surface area contributed by atoms with Gasteiger partial charge in [0.15, 0.2) is 5.82 Å². The molecule has 1 N–H and O–H groups in total. The van der Waals surface area contributed by atoms with Gasteiger partial charge in [0.05, 0.1) is 12.9 Å². The number of halogens is 1. The number of carbonyl (C=O) groups is 1. The normalized spacial score (nSPS) is 14.3. The molecule has 0 amide bonds. The molecule has 0 spiro atoms. The Bertz CT molecular complexity index is 499. The minimum Gasteiger partial charge on any atom is -0.465 e.